The first-order valence-electron chi connectivity index (χ1n) is 6.69. The first-order valence-corrected chi connectivity index (χ1v) is 6.69. The summed E-state index contributed by atoms with van der Waals surface area (Å²) in [5.74, 6) is 0.829. The molecule has 4 heteroatoms. The van der Waals surface area contributed by atoms with E-state index in [0.717, 1.165) is 34.4 Å². The van der Waals surface area contributed by atoms with E-state index in [-0.39, 0.29) is 0 Å². The van der Waals surface area contributed by atoms with E-state index in [1.54, 1.807) is 10.7 Å². The maximum atomic E-state index is 10.7. The number of ether oxygens (including phenoxy) is 1. The van der Waals surface area contributed by atoms with Crippen LogP contribution in [0.4, 0.5) is 0 Å². The first-order chi connectivity index (χ1) is 9.84. The standard InChI is InChI=1S/C16H14N2O2/c19-15(12-5-3-4-11-7-9-20-16(11)12)13-10-17-18-8-2-1-6-14(13)18/h1-6,8,10,15,19H,7,9H2. The molecule has 1 N–H and O–H groups in total. The average molecular weight is 266 g/mol. The molecule has 1 aliphatic rings. The Bertz CT molecular complexity index is 779. The van der Waals surface area contributed by atoms with E-state index in [2.05, 4.69) is 11.2 Å². The van der Waals surface area contributed by atoms with Gasteiger partial charge in [-0.15, -0.1) is 0 Å². The fourth-order valence-electron chi connectivity index (χ4n) is 2.79. The molecule has 2 aromatic heterocycles. The Morgan fingerprint density at radius 1 is 1.15 bits per heavy atom. The van der Waals surface area contributed by atoms with Crippen LogP contribution in [-0.2, 0) is 6.42 Å². The fourth-order valence-corrected chi connectivity index (χ4v) is 2.79. The van der Waals surface area contributed by atoms with Crippen molar-refractivity contribution in [1.82, 2.24) is 9.61 Å². The van der Waals surface area contributed by atoms with E-state index in [9.17, 15) is 5.11 Å². The largest absolute Gasteiger partial charge is 0.493 e. The molecule has 0 saturated heterocycles. The molecule has 0 spiro atoms. The van der Waals surface area contributed by atoms with Gasteiger partial charge in [0.25, 0.3) is 0 Å². The Morgan fingerprint density at radius 2 is 2.10 bits per heavy atom. The van der Waals surface area contributed by atoms with Crippen molar-refractivity contribution in [2.24, 2.45) is 0 Å². The molecule has 1 aromatic carbocycles. The van der Waals surface area contributed by atoms with Crippen LogP contribution in [0.25, 0.3) is 5.52 Å². The van der Waals surface area contributed by atoms with E-state index in [1.165, 1.54) is 0 Å². The molecule has 4 nitrogen and oxygen atoms in total. The zero-order chi connectivity index (χ0) is 13.5. The van der Waals surface area contributed by atoms with Crippen LogP contribution in [0.15, 0.2) is 48.8 Å². The lowest BCUT2D eigenvalue weighted by atomic mass is 9.99. The van der Waals surface area contributed by atoms with Gasteiger partial charge in [0.1, 0.15) is 11.9 Å². The van der Waals surface area contributed by atoms with E-state index in [0.29, 0.717) is 6.61 Å². The molecular formula is C16H14N2O2. The van der Waals surface area contributed by atoms with Gasteiger partial charge in [0.05, 0.1) is 18.3 Å². The zero-order valence-electron chi connectivity index (χ0n) is 10.9. The lowest BCUT2D eigenvalue weighted by molar-refractivity contribution is 0.215. The van der Waals surface area contributed by atoms with Gasteiger partial charge in [-0.2, -0.15) is 5.10 Å². The van der Waals surface area contributed by atoms with Crippen molar-refractivity contribution in [2.45, 2.75) is 12.5 Å². The molecule has 20 heavy (non-hydrogen) atoms. The van der Waals surface area contributed by atoms with Crippen molar-refractivity contribution in [1.29, 1.82) is 0 Å². The number of nitrogens with zero attached hydrogens (tertiary/aromatic N) is 2. The highest BCUT2D eigenvalue weighted by atomic mass is 16.5. The highest BCUT2D eigenvalue weighted by Crippen LogP contribution is 2.37. The minimum atomic E-state index is -0.719. The Kier molecular flexibility index (Phi) is 2.50. The fraction of sp³-hybridized carbons (Fsp3) is 0.188. The quantitative estimate of drug-likeness (QED) is 0.774. The summed E-state index contributed by atoms with van der Waals surface area (Å²) >= 11 is 0. The molecule has 0 saturated carbocycles. The van der Waals surface area contributed by atoms with Gasteiger partial charge in [0.2, 0.25) is 0 Å². The molecule has 0 fully saturated rings. The van der Waals surface area contributed by atoms with Gasteiger partial charge in [-0.25, -0.2) is 4.52 Å². The van der Waals surface area contributed by atoms with Crippen LogP contribution in [-0.4, -0.2) is 21.3 Å². The van der Waals surface area contributed by atoms with Crippen LogP contribution in [0.2, 0.25) is 0 Å². The van der Waals surface area contributed by atoms with E-state index >= 15 is 0 Å². The number of hydrogen-bond acceptors (Lipinski definition) is 3. The summed E-state index contributed by atoms with van der Waals surface area (Å²) in [7, 11) is 0. The summed E-state index contributed by atoms with van der Waals surface area (Å²) < 4.78 is 7.44. The zero-order valence-corrected chi connectivity index (χ0v) is 10.9. The predicted molar refractivity (Wildman–Crippen MR) is 74.9 cm³/mol. The smallest absolute Gasteiger partial charge is 0.128 e. The van der Waals surface area contributed by atoms with Crippen molar-refractivity contribution in [3.63, 3.8) is 0 Å². The molecule has 1 unspecified atom stereocenters. The lowest BCUT2D eigenvalue weighted by Crippen LogP contribution is -2.02. The maximum Gasteiger partial charge on any atom is 0.128 e. The Labute approximate surface area is 116 Å². The summed E-state index contributed by atoms with van der Waals surface area (Å²) in [6, 6.07) is 11.8. The first kappa shape index (κ1) is 11.5. The number of para-hydroxylation sites is 1. The number of aliphatic hydroxyl groups excluding tert-OH is 1. The molecule has 0 amide bonds. The van der Waals surface area contributed by atoms with Crippen LogP contribution in [0, 0.1) is 0 Å². The summed E-state index contributed by atoms with van der Waals surface area (Å²) in [6.07, 6.45) is 3.78. The van der Waals surface area contributed by atoms with Gasteiger partial charge >= 0.3 is 0 Å². The van der Waals surface area contributed by atoms with Crippen LogP contribution < -0.4 is 4.74 Å². The Hall–Kier alpha value is -2.33. The monoisotopic (exact) mass is 266 g/mol. The Morgan fingerprint density at radius 3 is 3.05 bits per heavy atom. The maximum absolute atomic E-state index is 10.7. The SMILES string of the molecule is OC(c1cccc2c1OCC2)c1cnn2ccccc12. The van der Waals surface area contributed by atoms with Crippen LogP contribution in [0.3, 0.4) is 0 Å². The number of benzene rings is 1. The summed E-state index contributed by atoms with van der Waals surface area (Å²) in [5, 5.41) is 15.0. The molecule has 1 aliphatic heterocycles. The molecule has 3 heterocycles. The molecule has 0 bridgehead atoms. The molecule has 100 valence electrons. The van der Waals surface area contributed by atoms with Crippen LogP contribution in [0.5, 0.6) is 5.75 Å². The van der Waals surface area contributed by atoms with Crippen molar-refractivity contribution < 1.29 is 9.84 Å². The highest BCUT2D eigenvalue weighted by molar-refractivity contribution is 5.58. The highest BCUT2D eigenvalue weighted by Gasteiger charge is 2.23. The third-order valence-electron chi connectivity index (χ3n) is 3.79. The van der Waals surface area contributed by atoms with Crippen molar-refractivity contribution >= 4 is 5.52 Å². The van der Waals surface area contributed by atoms with Crippen molar-refractivity contribution in [3.05, 3.63) is 65.5 Å². The minimum absolute atomic E-state index is 0.688. The van der Waals surface area contributed by atoms with Gasteiger partial charge in [-0.1, -0.05) is 24.3 Å². The predicted octanol–water partition coefficient (Wildman–Crippen LogP) is 2.35. The summed E-state index contributed by atoms with van der Waals surface area (Å²) in [5.41, 5.74) is 3.70. The number of aliphatic hydroxyl groups is 1. The van der Waals surface area contributed by atoms with E-state index < -0.39 is 6.10 Å². The molecule has 0 aliphatic carbocycles. The van der Waals surface area contributed by atoms with Crippen LogP contribution >= 0.6 is 0 Å². The minimum Gasteiger partial charge on any atom is -0.493 e. The molecular weight excluding hydrogens is 252 g/mol. The third kappa shape index (κ3) is 1.62. The van der Waals surface area contributed by atoms with Crippen LogP contribution in [0.1, 0.15) is 22.8 Å². The number of aromatic nitrogens is 2. The van der Waals surface area contributed by atoms with Crippen molar-refractivity contribution in [2.75, 3.05) is 6.61 Å². The normalized spacial score (nSPS) is 15.1. The topological polar surface area (TPSA) is 46.8 Å². The van der Waals surface area contributed by atoms with Gasteiger partial charge in [-0.05, 0) is 17.7 Å². The Balaban J connectivity index is 1.85. The number of rotatable bonds is 2. The summed E-state index contributed by atoms with van der Waals surface area (Å²) in [6.45, 7) is 0.688. The number of hydrogen-bond donors (Lipinski definition) is 1. The van der Waals surface area contributed by atoms with Crippen molar-refractivity contribution in [3.8, 4) is 5.75 Å². The molecule has 1 atom stereocenters. The van der Waals surface area contributed by atoms with Gasteiger partial charge in [0, 0.05) is 23.7 Å². The third-order valence-corrected chi connectivity index (χ3v) is 3.79. The number of fused-ring (bicyclic) bond motifs is 2. The molecule has 0 radical (unpaired) electrons. The molecule has 4 rings (SSSR count). The second-order valence-electron chi connectivity index (χ2n) is 4.97. The molecule has 3 aromatic rings. The van der Waals surface area contributed by atoms with Gasteiger partial charge in [0.15, 0.2) is 0 Å². The van der Waals surface area contributed by atoms with E-state index in [4.69, 9.17) is 4.74 Å². The van der Waals surface area contributed by atoms with Gasteiger partial charge < -0.3 is 9.84 Å². The number of pyridine rings is 1. The van der Waals surface area contributed by atoms with Gasteiger partial charge in [-0.3, -0.25) is 0 Å². The second-order valence-corrected chi connectivity index (χ2v) is 4.97. The lowest BCUT2D eigenvalue weighted by Gasteiger charge is -2.13. The van der Waals surface area contributed by atoms with E-state index in [1.807, 2.05) is 36.5 Å². The second kappa shape index (κ2) is 4.35. The summed E-state index contributed by atoms with van der Waals surface area (Å²) in [4.78, 5) is 0. The average Bonchev–Trinajstić information content (AvgIpc) is 3.12.